The zero-order valence-corrected chi connectivity index (χ0v) is 18.3. The monoisotopic (exact) mass is 430 g/mol. The van der Waals surface area contributed by atoms with Crippen LogP contribution in [0.25, 0.3) is 22.2 Å². The van der Waals surface area contributed by atoms with Crippen LogP contribution in [0.5, 0.6) is 5.75 Å². The molecule has 4 rings (SSSR count). The standard InChI is InChI=1S/C24H26N6O2/c1-30(2)13-12-25-23(31)21-15-16-14-17(8-9-19(16)28-21)27-24-26-11-10-20(29-24)18-6-4-5-7-22(18)32-3/h4-11,14-15,28H,12-13H2,1-3H3,(H,25,31)(H,26,27,29). The Labute approximate surface area is 186 Å². The van der Waals surface area contributed by atoms with Gasteiger partial charge in [-0.3, -0.25) is 4.79 Å². The van der Waals surface area contributed by atoms with Crippen LogP contribution in [-0.4, -0.2) is 60.1 Å². The Bertz CT molecular complexity index is 1230. The van der Waals surface area contributed by atoms with Crippen LogP contribution in [0.15, 0.2) is 60.8 Å². The maximum Gasteiger partial charge on any atom is 0.267 e. The van der Waals surface area contributed by atoms with Gasteiger partial charge in [-0.05, 0) is 56.6 Å². The maximum atomic E-state index is 12.4. The highest BCUT2D eigenvalue weighted by atomic mass is 16.5. The Kier molecular flexibility index (Phi) is 6.32. The van der Waals surface area contributed by atoms with Gasteiger partial charge in [-0.2, -0.15) is 0 Å². The molecule has 4 aromatic rings. The number of likely N-dealkylation sites (N-methyl/N-ethyl adjacent to an activating group) is 1. The molecule has 0 atom stereocenters. The first-order valence-electron chi connectivity index (χ1n) is 10.3. The summed E-state index contributed by atoms with van der Waals surface area (Å²) in [6.45, 7) is 1.38. The zero-order valence-electron chi connectivity index (χ0n) is 18.3. The molecule has 0 bridgehead atoms. The molecule has 0 spiro atoms. The Morgan fingerprint density at radius 1 is 1.12 bits per heavy atom. The van der Waals surface area contributed by atoms with Crippen molar-refractivity contribution in [1.29, 1.82) is 0 Å². The van der Waals surface area contributed by atoms with Crippen LogP contribution in [0, 0.1) is 0 Å². The molecular weight excluding hydrogens is 404 g/mol. The molecule has 8 nitrogen and oxygen atoms in total. The lowest BCUT2D eigenvalue weighted by molar-refractivity contribution is 0.0947. The Balaban J connectivity index is 1.52. The molecule has 2 aromatic carbocycles. The number of ether oxygens (including phenoxy) is 1. The fourth-order valence-corrected chi connectivity index (χ4v) is 3.38. The molecule has 2 heterocycles. The van der Waals surface area contributed by atoms with Crippen molar-refractivity contribution in [2.45, 2.75) is 0 Å². The van der Waals surface area contributed by atoms with Gasteiger partial charge >= 0.3 is 0 Å². The summed E-state index contributed by atoms with van der Waals surface area (Å²) in [5.74, 6) is 1.11. The molecule has 0 unspecified atom stereocenters. The number of nitrogens with zero attached hydrogens (tertiary/aromatic N) is 3. The summed E-state index contributed by atoms with van der Waals surface area (Å²) < 4.78 is 5.44. The van der Waals surface area contributed by atoms with Crippen molar-refractivity contribution in [2.24, 2.45) is 0 Å². The van der Waals surface area contributed by atoms with E-state index in [0.29, 0.717) is 18.2 Å². The van der Waals surface area contributed by atoms with Gasteiger partial charge in [0.05, 0.1) is 12.8 Å². The largest absolute Gasteiger partial charge is 0.496 e. The van der Waals surface area contributed by atoms with Gasteiger partial charge in [0, 0.05) is 41.4 Å². The summed E-state index contributed by atoms with van der Waals surface area (Å²) in [5, 5.41) is 7.09. The van der Waals surface area contributed by atoms with Crippen molar-refractivity contribution in [1.82, 2.24) is 25.2 Å². The number of anilines is 2. The van der Waals surface area contributed by atoms with E-state index >= 15 is 0 Å². The predicted molar refractivity (Wildman–Crippen MR) is 126 cm³/mol. The molecule has 0 saturated heterocycles. The van der Waals surface area contributed by atoms with Crippen LogP contribution >= 0.6 is 0 Å². The van der Waals surface area contributed by atoms with Crippen LogP contribution in [0.4, 0.5) is 11.6 Å². The smallest absolute Gasteiger partial charge is 0.267 e. The third-order valence-electron chi connectivity index (χ3n) is 5.00. The minimum Gasteiger partial charge on any atom is -0.496 e. The van der Waals surface area contributed by atoms with Gasteiger partial charge in [0.15, 0.2) is 0 Å². The number of para-hydroxylation sites is 1. The lowest BCUT2D eigenvalue weighted by Crippen LogP contribution is -2.31. The number of hydrogen-bond acceptors (Lipinski definition) is 6. The number of nitrogens with one attached hydrogen (secondary N) is 3. The lowest BCUT2D eigenvalue weighted by atomic mass is 10.1. The third kappa shape index (κ3) is 4.87. The number of aromatic amines is 1. The second kappa shape index (κ2) is 9.49. The number of hydrogen-bond donors (Lipinski definition) is 3. The first-order valence-corrected chi connectivity index (χ1v) is 10.3. The van der Waals surface area contributed by atoms with Crippen molar-refractivity contribution in [3.63, 3.8) is 0 Å². The van der Waals surface area contributed by atoms with Gasteiger partial charge in [0.25, 0.3) is 5.91 Å². The predicted octanol–water partition coefficient (Wildman–Crippen LogP) is 3.67. The average molecular weight is 431 g/mol. The second-order valence-electron chi connectivity index (χ2n) is 7.63. The van der Waals surface area contributed by atoms with E-state index in [1.807, 2.05) is 73.6 Å². The number of rotatable bonds is 8. The second-order valence-corrected chi connectivity index (χ2v) is 7.63. The number of carbonyl (C=O) groups excluding carboxylic acids is 1. The van der Waals surface area contributed by atoms with E-state index in [-0.39, 0.29) is 5.91 Å². The Morgan fingerprint density at radius 3 is 2.78 bits per heavy atom. The number of benzene rings is 2. The first-order chi connectivity index (χ1) is 15.5. The van der Waals surface area contributed by atoms with Crippen molar-refractivity contribution < 1.29 is 9.53 Å². The number of methoxy groups -OCH3 is 1. The molecule has 0 radical (unpaired) electrons. The van der Waals surface area contributed by atoms with Crippen LogP contribution in [-0.2, 0) is 0 Å². The fraction of sp³-hybridized carbons (Fsp3) is 0.208. The molecule has 1 amide bonds. The fourth-order valence-electron chi connectivity index (χ4n) is 3.38. The van der Waals surface area contributed by atoms with Gasteiger partial charge < -0.3 is 25.3 Å². The molecule has 3 N–H and O–H groups in total. The minimum absolute atomic E-state index is 0.120. The van der Waals surface area contributed by atoms with Crippen molar-refractivity contribution in [2.75, 3.05) is 39.6 Å². The number of H-pyrrole nitrogens is 1. The Hall–Kier alpha value is -3.91. The molecule has 0 aliphatic rings. The molecule has 2 aromatic heterocycles. The van der Waals surface area contributed by atoms with Crippen molar-refractivity contribution >= 4 is 28.4 Å². The molecule has 8 heteroatoms. The average Bonchev–Trinajstić information content (AvgIpc) is 3.22. The van der Waals surface area contributed by atoms with Crippen LogP contribution < -0.4 is 15.4 Å². The van der Waals surface area contributed by atoms with Crippen LogP contribution in [0.2, 0.25) is 0 Å². The van der Waals surface area contributed by atoms with E-state index in [0.717, 1.165) is 40.1 Å². The minimum atomic E-state index is -0.120. The summed E-state index contributed by atoms with van der Waals surface area (Å²) in [6.07, 6.45) is 1.71. The van der Waals surface area contributed by atoms with E-state index < -0.39 is 0 Å². The highest BCUT2D eigenvalue weighted by Crippen LogP contribution is 2.29. The summed E-state index contributed by atoms with van der Waals surface area (Å²) in [5.41, 5.74) is 3.90. The molecule has 0 fully saturated rings. The maximum absolute atomic E-state index is 12.4. The summed E-state index contributed by atoms with van der Waals surface area (Å²) in [6, 6.07) is 17.2. The van der Waals surface area contributed by atoms with Crippen molar-refractivity contribution in [3.8, 4) is 17.0 Å². The van der Waals surface area contributed by atoms with E-state index in [1.54, 1.807) is 13.3 Å². The first kappa shape index (κ1) is 21.3. The normalized spacial score (nSPS) is 11.0. The van der Waals surface area contributed by atoms with Crippen LogP contribution in [0.3, 0.4) is 0 Å². The number of amides is 1. The summed E-state index contributed by atoms with van der Waals surface area (Å²) in [7, 11) is 5.58. The summed E-state index contributed by atoms with van der Waals surface area (Å²) >= 11 is 0. The number of carbonyl (C=O) groups is 1. The topological polar surface area (TPSA) is 95.2 Å². The van der Waals surface area contributed by atoms with Gasteiger partial charge in [-0.15, -0.1) is 0 Å². The molecule has 164 valence electrons. The van der Waals surface area contributed by atoms with Crippen molar-refractivity contribution in [3.05, 3.63) is 66.5 Å². The molecule has 0 saturated carbocycles. The molecule has 0 aliphatic carbocycles. The van der Waals surface area contributed by atoms with Crippen LogP contribution in [0.1, 0.15) is 10.5 Å². The van der Waals surface area contributed by atoms with Gasteiger partial charge in [-0.1, -0.05) is 12.1 Å². The molecule has 0 aliphatic heterocycles. The van der Waals surface area contributed by atoms with E-state index in [9.17, 15) is 4.79 Å². The Morgan fingerprint density at radius 2 is 1.97 bits per heavy atom. The van der Waals surface area contributed by atoms with E-state index in [2.05, 4.69) is 25.6 Å². The van der Waals surface area contributed by atoms with E-state index in [1.165, 1.54) is 0 Å². The highest BCUT2D eigenvalue weighted by Gasteiger charge is 2.11. The summed E-state index contributed by atoms with van der Waals surface area (Å²) in [4.78, 5) is 26.5. The zero-order chi connectivity index (χ0) is 22.5. The van der Waals surface area contributed by atoms with Gasteiger partial charge in [-0.25, -0.2) is 9.97 Å². The van der Waals surface area contributed by atoms with Gasteiger partial charge in [0.1, 0.15) is 11.4 Å². The number of fused-ring (bicyclic) bond motifs is 1. The van der Waals surface area contributed by atoms with Gasteiger partial charge in [0.2, 0.25) is 5.95 Å². The molecular formula is C24H26N6O2. The highest BCUT2D eigenvalue weighted by molar-refractivity contribution is 5.98. The number of aromatic nitrogens is 3. The SMILES string of the molecule is COc1ccccc1-c1ccnc(Nc2ccc3[nH]c(C(=O)NCCN(C)C)cc3c2)n1. The van der Waals surface area contributed by atoms with E-state index in [4.69, 9.17) is 4.74 Å². The quantitative estimate of drug-likeness (QED) is 0.395. The third-order valence-corrected chi connectivity index (χ3v) is 5.00. The lowest BCUT2D eigenvalue weighted by Gasteiger charge is -2.09. The molecule has 32 heavy (non-hydrogen) atoms.